The van der Waals surface area contributed by atoms with E-state index < -0.39 is 0 Å². The van der Waals surface area contributed by atoms with Gasteiger partial charge in [-0.1, -0.05) is 302 Å². The van der Waals surface area contributed by atoms with Gasteiger partial charge in [0.2, 0.25) is 0 Å². The molecule has 0 amide bonds. The second kappa shape index (κ2) is 24.4. The van der Waals surface area contributed by atoms with Crippen molar-refractivity contribution in [3.63, 3.8) is 0 Å². The Hall–Kier alpha value is -13.3. The molecule has 0 saturated heterocycles. The van der Waals surface area contributed by atoms with Crippen LogP contribution in [0.15, 0.2) is 353 Å². The number of benzene rings is 16. The van der Waals surface area contributed by atoms with Crippen LogP contribution in [0.2, 0.25) is 0 Å². The summed E-state index contributed by atoms with van der Waals surface area (Å²) in [6.45, 7) is 12.0. The number of thiophene rings is 1. The topological polar surface area (TPSA) is 45.9 Å². The Labute approximate surface area is 641 Å². The Balaban J connectivity index is 0.725. The van der Waals surface area contributed by atoms with Crippen molar-refractivity contribution in [3.05, 3.63) is 362 Å². The first kappa shape index (κ1) is 64.0. The summed E-state index contributed by atoms with van der Waals surface area (Å²) in [6.07, 6.45) is 0. The first-order chi connectivity index (χ1) is 54.1. The Kier molecular flexibility index (Phi) is 14.2. The SMILES string of the molecule is CC(C)C1(C)c2cc(-c3cccc4c3sc3cccc(N(c5ccccc5-c5cccc6c5-c5ccccc5C6(C)C)c5ccccc5-c5cccc6c5oc5ccccc56)c34)ccc2-c2c(-c3ccccc3N(c3ccccc3-c3cccc4c3oc3ccccc34)c3cccc4oc5ccccc5c34)cccc21. The van der Waals surface area contributed by atoms with E-state index >= 15 is 0 Å². The second-order valence-electron chi connectivity index (χ2n) is 30.7. The first-order valence-electron chi connectivity index (χ1n) is 38.2. The highest BCUT2D eigenvalue weighted by molar-refractivity contribution is 7.26. The van der Waals surface area contributed by atoms with Crippen LogP contribution in [0.4, 0.5) is 34.1 Å². The maximum atomic E-state index is 6.92. The molecule has 0 bridgehead atoms. The van der Waals surface area contributed by atoms with E-state index in [2.05, 4.69) is 378 Å². The maximum Gasteiger partial charge on any atom is 0.143 e. The molecule has 22 rings (SSSR count). The number of fused-ring (bicyclic) bond motifs is 18. The van der Waals surface area contributed by atoms with E-state index in [4.69, 9.17) is 13.3 Å². The summed E-state index contributed by atoms with van der Waals surface area (Å²) in [4.78, 5) is 5.05. The molecule has 4 aromatic heterocycles. The van der Waals surface area contributed by atoms with Crippen LogP contribution in [0.5, 0.6) is 0 Å². The minimum atomic E-state index is -0.365. The lowest BCUT2D eigenvalue weighted by Gasteiger charge is -2.33. The van der Waals surface area contributed by atoms with Gasteiger partial charge in [-0.2, -0.15) is 0 Å². The van der Waals surface area contributed by atoms with E-state index in [-0.39, 0.29) is 16.7 Å². The number of para-hydroxylation sites is 9. The maximum absolute atomic E-state index is 6.92. The van der Waals surface area contributed by atoms with Crippen LogP contribution in [-0.4, -0.2) is 0 Å². The molecular weight excluding hydrogens is 1360 g/mol. The minimum absolute atomic E-state index is 0.181. The summed E-state index contributed by atoms with van der Waals surface area (Å²) in [5.74, 6) is 0.232. The van der Waals surface area contributed by atoms with Gasteiger partial charge in [0.05, 0.1) is 39.5 Å². The Bertz CT molecular complexity index is 7240. The van der Waals surface area contributed by atoms with E-state index in [9.17, 15) is 0 Å². The van der Waals surface area contributed by atoms with Gasteiger partial charge in [0.25, 0.3) is 0 Å². The molecule has 1 atom stereocenters. The molecule has 2 aliphatic rings. The molecule has 6 heteroatoms. The summed E-state index contributed by atoms with van der Waals surface area (Å²) in [5.41, 5.74) is 32.6. The lowest BCUT2D eigenvalue weighted by atomic mass is 9.71. The Morgan fingerprint density at radius 2 is 0.655 bits per heavy atom. The molecule has 4 heterocycles. The van der Waals surface area contributed by atoms with Crippen LogP contribution < -0.4 is 9.80 Å². The van der Waals surface area contributed by atoms with Gasteiger partial charge in [-0.25, -0.2) is 0 Å². The van der Waals surface area contributed by atoms with Crippen LogP contribution >= 0.6 is 11.3 Å². The van der Waals surface area contributed by atoms with Crippen molar-refractivity contribution in [3.8, 4) is 77.9 Å². The van der Waals surface area contributed by atoms with Gasteiger partial charge in [-0.05, 0) is 145 Å². The van der Waals surface area contributed by atoms with Gasteiger partial charge in [-0.3, -0.25) is 0 Å². The fraction of sp³-hybridized carbons (Fsp3) is 0.0769. The van der Waals surface area contributed by atoms with E-state index in [1.807, 2.05) is 17.4 Å². The van der Waals surface area contributed by atoms with Crippen molar-refractivity contribution in [2.24, 2.45) is 5.92 Å². The lowest BCUT2D eigenvalue weighted by molar-refractivity contribution is 0.414. The number of hydrogen-bond donors (Lipinski definition) is 0. The number of hydrogen-bond acceptors (Lipinski definition) is 6. The minimum Gasteiger partial charge on any atom is -0.456 e. The second-order valence-corrected chi connectivity index (χ2v) is 31.8. The monoisotopic (exact) mass is 1430 g/mol. The molecule has 0 fully saturated rings. The highest BCUT2D eigenvalue weighted by atomic mass is 32.1. The molecule has 0 N–H and O–H groups in total. The van der Waals surface area contributed by atoms with Crippen molar-refractivity contribution < 1.29 is 13.3 Å². The van der Waals surface area contributed by atoms with Crippen LogP contribution in [0, 0.1) is 5.92 Å². The quantitative estimate of drug-likeness (QED) is 0.122. The smallest absolute Gasteiger partial charge is 0.143 e. The van der Waals surface area contributed by atoms with Gasteiger partial charge in [-0.15, -0.1) is 11.3 Å². The standard InChI is InChI=1S/C104H72N2O3S/c1-62(2)104(5)83-47-26-39-72(66-30-8-15-48-85(66)105(89-52-27-57-94-98(89)79-36-13-21-56-93(79)107-94)87-50-17-9-31-67(87)73-40-23-42-75-69-33-11-19-54-91(69)108-100(73)75)97(83)78-60-59-63(61-84(78)104)64-37-22-44-80-99-90(53-28-58-95(99)110-102(64)80)106(88-51-18-10-32-68(88)74-41-24-43-76-70-34-12-20-55-92(70)109-101(74)76)86-49-16-7-29-65(86)71-38-25-46-82-96(71)77-35-6-14-45-81(77)103(82,3)4/h6-62H,1-5H3. The van der Waals surface area contributed by atoms with Crippen molar-refractivity contribution in [2.75, 3.05) is 9.80 Å². The summed E-state index contributed by atoms with van der Waals surface area (Å²) in [7, 11) is 0. The zero-order chi connectivity index (χ0) is 73.3. The van der Waals surface area contributed by atoms with Crippen LogP contribution in [0.3, 0.4) is 0 Å². The molecule has 1 unspecified atom stereocenters. The molecule has 16 aromatic carbocycles. The summed E-state index contributed by atoms with van der Waals surface area (Å²) < 4.78 is 23.0. The summed E-state index contributed by atoms with van der Waals surface area (Å²) in [6, 6.07) is 125. The molecular formula is C104H72N2O3S. The molecule has 2 aliphatic carbocycles. The van der Waals surface area contributed by atoms with E-state index in [1.54, 1.807) is 0 Å². The van der Waals surface area contributed by atoms with Gasteiger partial charge in [0.15, 0.2) is 0 Å². The van der Waals surface area contributed by atoms with Gasteiger partial charge >= 0.3 is 0 Å². The third-order valence-electron chi connectivity index (χ3n) is 24.5. The molecule has 522 valence electrons. The lowest BCUT2D eigenvalue weighted by Crippen LogP contribution is -2.27. The van der Waals surface area contributed by atoms with Crippen molar-refractivity contribution in [1.82, 2.24) is 0 Å². The fourth-order valence-electron chi connectivity index (χ4n) is 19.1. The third kappa shape index (κ3) is 9.27. The third-order valence-corrected chi connectivity index (χ3v) is 25.7. The van der Waals surface area contributed by atoms with Crippen LogP contribution in [-0.2, 0) is 10.8 Å². The Morgan fingerprint density at radius 1 is 0.273 bits per heavy atom. The normalized spacial score (nSPS) is 14.2. The molecule has 110 heavy (non-hydrogen) atoms. The van der Waals surface area contributed by atoms with E-state index in [1.165, 1.54) is 86.9 Å². The Morgan fingerprint density at radius 3 is 1.24 bits per heavy atom. The molecule has 0 saturated carbocycles. The highest BCUT2D eigenvalue weighted by Gasteiger charge is 2.44. The first-order valence-corrected chi connectivity index (χ1v) is 39.0. The number of furan rings is 3. The summed E-state index contributed by atoms with van der Waals surface area (Å²) in [5, 5.41) is 8.90. The largest absolute Gasteiger partial charge is 0.456 e. The molecule has 20 aromatic rings. The zero-order valence-electron chi connectivity index (χ0n) is 61.4. The average molecular weight is 1430 g/mol. The average Bonchev–Trinajstić information content (AvgIpc) is 1.52. The number of anilines is 6. The predicted octanol–water partition coefficient (Wildman–Crippen LogP) is 30.3. The van der Waals surface area contributed by atoms with Crippen LogP contribution in [0.25, 0.3) is 164 Å². The van der Waals surface area contributed by atoms with Crippen LogP contribution in [0.1, 0.15) is 56.9 Å². The fourth-order valence-corrected chi connectivity index (χ4v) is 20.3. The number of nitrogens with zero attached hydrogens (tertiary/aromatic N) is 2. The molecule has 0 radical (unpaired) electrons. The van der Waals surface area contributed by atoms with Gasteiger partial charge < -0.3 is 23.1 Å². The van der Waals surface area contributed by atoms with Crippen molar-refractivity contribution >= 4 is 131 Å². The molecule has 5 nitrogen and oxygen atoms in total. The highest BCUT2D eigenvalue weighted by Crippen LogP contribution is 2.61. The van der Waals surface area contributed by atoms with Crippen molar-refractivity contribution in [2.45, 2.75) is 45.4 Å². The zero-order valence-corrected chi connectivity index (χ0v) is 62.3. The van der Waals surface area contributed by atoms with Gasteiger partial charge in [0.1, 0.15) is 33.5 Å². The number of rotatable bonds is 12. The van der Waals surface area contributed by atoms with Crippen molar-refractivity contribution in [1.29, 1.82) is 0 Å². The van der Waals surface area contributed by atoms with Gasteiger partial charge in [0, 0.05) is 91.3 Å². The predicted molar refractivity (Wildman–Crippen MR) is 462 cm³/mol. The molecule has 0 aliphatic heterocycles. The van der Waals surface area contributed by atoms with E-state index in [0.29, 0.717) is 0 Å². The summed E-state index contributed by atoms with van der Waals surface area (Å²) >= 11 is 1.89. The van der Waals surface area contributed by atoms with E-state index in [0.717, 1.165) is 133 Å². The molecule has 0 spiro atoms.